The number of rotatable bonds is 4. The van der Waals surface area contributed by atoms with Crippen LogP contribution in [0.25, 0.3) is 0 Å². The second-order valence-electron chi connectivity index (χ2n) is 7.17. The average molecular weight is 372 g/mol. The standard InChI is InChI=1S/C24H24N2O2/c1-18-16-25(23-13-6-7-14-24(23)26(18)19(2)27)17-20-9-8-12-22(15-20)28-21-10-4-3-5-11-21/h3-15,18H,16-17H2,1-2H3/t18-/m0/s1. The number of ether oxygens (including phenoxy) is 1. The van der Waals surface area contributed by atoms with Crippen LogP contribution in [0.15, 0.2) is 78.9 Å². The summed E-state index contributed by atoms with van der Waals surface area (Å²) in [6.07, 6.45) is 0. The SMILES string of the molecule is CC(=O)N1c2ccccc2N(Cc2cccc(Oc3ccccc3)c2)C[C@@H]1C. The predicted molar refractivity (Wildman–Crippen MR) is 113 cm³/mol. The van der Waals surface area contributed by atoms with Gasteiger partial charge in [0.15, 0.2) is 0 Å². The molecule has 1 amide bonds. The molecule has 3 aromatic carbocycles. The molecule has 1 heterocycles. The summed E-state index contributed by atoms with van der Waals surface area (Å²) in [5.74, 6) is 1.74. The maximum Gasteiger partial charge on any atom is 0.224 e. The highest BCUT2D eigenvalue weighted by atomic mass is 16.5. The minimum Gasteiger partial charge on any atom is -0.457 e. The van der Waals surface area contributed by atoms with E-state index in [-0.39, 0.29) is 11.9 Å². The third kappa shape index (κ3) is 3.72. The van der Waals surface area contributed by atoms with Gasteiger partial charge < -0.3 is 14.5 Å². The van der Waals surface area contributed by atoms with E-state index in [4.69, 9.17) is 4.74 Å². The van der Waals surface area contributed by atoms with Crippen molar-refractivity contribution in [3.05, 3.63) is 84.4 Å². The van der Waals surface area contributed by atoms with Crippen molar-refractivity contribution >= 4 is 17.3 Å². The number of anilines is 2. The fraction of sp³-hybridized carbons (Fsp3) is 0.208. The minimum absolute atomic E-state index is 0.0814. The Morgan fingerprint density at radius 1 is 0.929 bits per heavy atom. The van der Waals surface area contributed by atoms with Crippen molar-refractivity contribution in [1.29, 1.82) is 0 Å². The van der Waals surface area contributed by atoms with Crippen molar-refractivity contribution in [2.75, 3.05) is 16.3 Å². The van der Waals surface area contributed by atoms with Gasteiger partial charge in [0.25, 0.3) is 0 Å². The zero-order valence-electron chi connectivity index (χ0n) is 16.2. The van der Waals surface area contributed by atoms with Gasteiger partial charge in [-0.3, -0.25) is 4.79 Å². The molecule has 0 aliphatic carbocycles. The lowest BCUT2D eigenvalue weighted by molar-refractivity contribution is -0.117. The van der Waals surface area contributed by atoms with Gasteiger partial charge in [-0.2, -0.15) is 0 Å². The molecule has 0 fully saturated rings. The summed E-state index contributed by atoms with van der Waals surface area (Å²) in [6.45, 7) is 5.28. The number of fused-ring (bicyclic) bond motifs is 1. The largest absolute Gasteiger partial charge is 0.457 e. The highest BCUT2D eigenvalue weighted by Gasteiger charge is 2.30. The lowest BCUT2D eigenvalue weighted by Gasteiger charge is -2.41. The van der Waals surface area contributed by atoms with Gasteiger partial charge in [0.2, 0.25) is 5.91 Å². The first-order valence-electron chi connectivity index (χ1n) is 9.57. The second kappa shape index (κ2) is 7.77. The molecular formula is C24H24N2O2. The van der Waals surface area contributed by atoms with E-state index < -0.39 is 0 Å². The first kappa shape index (κ1) is 18.1. The van der Waals surface area contributed by atoms with Gasteiger partial charge in [-0.1, -0.05) is 42.5 Å². The topological polar surface area (TPSA) is 32.8 Å². The van der Waals surface area contributed by atoms with Crippen LogP contribution in [0.1, 0.15) is 19.4 Å². The Labute approximate surface area is 166 Å². The van der Waals surface area contributed by atoms with Gasteiger partial charge in [0.1, 0.15) is 11.5 Å². The Balaban J connectivity index is 1.58. The van der Waals surface area contributed by atoms with E-state index >= 15 is 0 Å². The summed E-state index contributed by atoms with van der Waals surface area (Å²) in [4.78, 5) is 16.4. The first-order chi connectivity index (χ1) is 13.6. The lowest BCUT2D eigenvalue weighted by atomic mass is 10.1. The average Bonchev–Trinajstić information content (AvgIpc) is 2.69. The molecule has 28 heavy (non-hydrogen) atoms. The Hall–Kier alpha value is -3.27. The van der Waals surface area contributed by atoms with Crippen LogP contribution >= 0.6 is 0 Å². The van der Waals surface area contributed by atoms with Crippen molar-refractivity contribution in [3.8, 4) is 11.5 Å². The van der Waals surface area contributed by atoms with Crippen molar-refractivity contribution < 1.29 is 9.53 Å². The van der Waals surface area contributed by atoms with Crippen molar-refractivity contribution in [3.63, 3.8) is 0 Å². The van der Waals surface area contributed by atoms with Crippen molar-refractivity contribution in [1.82, 2.24) is 0 Å². The molecule has 142 valence electrons. The van der Waals surface area contributed by atoms with Crippen LogP contribution < -0.4 is 14.5 Å². The summed E-state index contributed by atoms with van der Waals surface area (Å²) in [7, 11) is 0. The van der Waals surface area contributed by atoms with Crippen LogP contribution in [0.2, 0.25) is 0 Å². The van der Waals surface area contributed by atoms with E-state index in [9.17, 15) is 4.79 Å². The molecule has 0 bridgehead atoms. The van der Waals surface area contributed by atoms with E-state index in [0.717, 1.165) is 36.0 Å². The van der Waals surface area contributed by atoms with Crippen LogP contribution in [-0.4, -0.2) is 18.5 Å². The van der Waals surface area contributed by atoms with Crippen molar-refractivity contribution in [2.45, 2.75) is 26.4 Å². The van der Waals surface area contributed by atoms with Gasteiger partial charge in [-0.25, -0.2) is 0 Å². The Morgan fingerprint density at radius 2 is 1.61 bits per heavy atom. The first-order valence-corrected chi connectivity index (χ1v) is 9.57. The van der Waals surface area contributed by atoms with E-state index in [0.29, 0.717) is 0 Å². The van der Waals surface area contributed by atoms with Crippen LogP contribution in [0, 0.1) is 0 Å². The molecule has 1 aliphatic heterocycles. The zero-order valence-corrected chi connectivity index (χ0v) is 16.2. The fourth-order valence-corrected chi connectivity index (χ4v) is 3.85. The third-order valence-electron chi connectivity index (χ3n) is 5.00. The van der Waals surface area contributed by atoms with Crippen LogP contribution in [0.4, 0.5) is 11.4 Å². The van der Waals surface area contributed by atoms with Gasteiger partial charge in [0, 0.05) is 20.0 Å². The number of nitrogens with zero attached hydrogens (tertiary/aromatic N) is 2. The van der Waals surface area contributed by atoms with Crippen LogP contribution in [0.5, 0.6) is 11.5 Å². The third-order valence-corrected chi connectivity index (χ3v) is 5.00. The van der Waals surface area contributed by atoms with Gasteiger partial charge in [-0.15, -0.1) is 0 Å². The second-order valence-corrected chi connectivity index (χ2v) is 7.17. The Kier molecular flexibility index (Phi) is 5.02. The molecule has 1 atom stereocenters. The number of carbonyl (C=O) groups excluding carboxylic acids is 1. The molecule has 0 unspecified atom stereocenters. The summed E-state index contributed by atoms with van der Waals surface area (Å²) in [5.41, 5.74) is 3.24. The van der Waals surface area contributed by atoms with Gasteiger partial charge in [-0.05, 0) is 48.9 Å². The molecule has 0 saturated heterocycles. The molecule has 0 aromatic heterocycles. The number of hydrogen-bond donors (Lipinski definition) is 0. The molecule has 4 heteroatoms. The zero-order chi connectivity index (χ0) is 19.5. The predicted octanol–water partition coefficient (Wildman–Crippen LogP) is 5.24. The number of para-hydroxylation sites is 3. The summed E-state index contributed by atoms with van der Waals surface area (Å²) in [5, 5.41) is 0. The maximum absolute atomic E-state index is 12.1. The monoisotopic (exact) mass is 372 g/mol. The molecule has 0 N–H and O–H groups in total. The summed E-state index contributed by atoms with van der Waals surface area (Å²) >= 11 is 0. The molecule has 4 rings (SSSR count). The van der Waals surface area contributed by atoms with Crippen LogP contribution in [0.3, 0.4) is 0 Å². The van der Waals surface area contributed by atoms with E-state index in [1.165, 1.54) is 5.56 Å². The highest BCUT2D eigenvalue weighted by Crippen LogP contribution is 2.36. The van der Waals surface area contributed by atoms with E-state index in [1.54, 1.807) is 6.92 Å². The van der Waals surface area contributed by atoms with E-state index in [1.807, 2.05) is 65.6 Å². The highest BCUT2D eigenvalue weighted by molar-refractivity contribution is 5.97. The molecule has 0 saturated carbocycles. The fourth-order valence-electron chi connectivity index (χ4n) is 3.85. The molecule has 1 aliphatic rings. The van der Waals surface area contributed by atoms with Gasteiger partial charge >= 0.3 is 0 Å². The molecule has 3 aromatic rings. The van der Waals surface area contributed by atoms with Crippen molar-refractivity contribution in [2.24, 2.45) is 0 Å². The van der Waals surface area contributed by atoms with Gasteiger partial charge in [0.05, 0.1) is 17.4 Å². The molecule has 0 radical (unpaired) electrons. The number of carbonyl (C=O) groups is 1. The molecular weight excluding hydrogens is 348 g/mol. The normalized spacial score (nSPS) is 15.9. The summed E-state index contributed by atoms with van der Waals surface area (Å²) < 4.78 is 5.98. The van der Waals surface area contributed by atoms with Crippen LogP contribution in [-0.2, 0) is 11.3 Å². The molecule has 0 spiro atoms. The quantitative estimate of drug-likeness (QED) is 0.628. The number of hydrogen-bond acceptors (Lipinski definition) is 3. The number of amides is 1. The Bertz CT molecular complexity index is 971. The van der Waals surface area contributed by atoms with E-state index in [2.05, 4.69) is 30.0 Å². The number of benzene rings is 3. The Morgan fingerprint density at radius 3 is 2.36 bits per heavy atom. The summed E-state index contributed by atoms with van der Waals surface area (Å²) in [6, 6.07) is 26.2. The smallest absolute Gasteiger partial charge is 0.224 e. The maximum atomic E-state index is 12.1. The lowest BCUT2D eigenvalue weighted by Crippen LogP contribution is -2.49. The molecule has 4 nitrogen and oxygen atoms in total. The minimum atomic E-state index is 0.0814.